The van der Waals surface area contributed by atoms with Crippen LogP contribution in [0, 0.1) is 6.92 Å². The minimum absolute atomic E-state index is 0.0904. The highest BCUT2D eigenvalue weighted by atomic mass is 79.9. The number of halogens is 1. The number of imide groups is 1. The molecule has 0 radical (unpaired) electrons. The van der Waals surface area contributed by atoms with Gasteiger partial charge >= 0.3 is 0 Å². The lowest BCUT2D eigenvalue weighted by molar-refractivity contribution is 0.0606. The predicted octanol–water partition coefficient (Wildman–Crippen LogP) is 13.8. The van der Waals surface area contributed by atoms with Crippen molar-refractivity contribution in [3.05, 3.63) is 96.5 Å². The van der Waals surface area contributed by atoms with Gasteiger partial charge in [0.2, 0.25) is 0 Å². The van der Waals surface area contributed by atoms with Crippen LogP contribution < -0.4 is 21.5 Å². The predicted molar refractivity (Wildman–Crippen MR) is 258 cm³/mol. The molecule has 60 heavy (non-hydrogen) atoms. The van der Waals surface area contributed by atoms with E-state index < -0.39 is 0 Å². The first-order valence-electron chi connectivity index (χ1n) is 22.5. The molecule has 2 N–H and O–H groups in total. The van der Waals surface area contributed by atoms with Crippen LogP contribution in [0.5, 0.6) is 0 Å². The van der Waals surface area contributed by atoms with Crippen LogP contribution in [0.1, 0.15) is 170 Å². The average molecular weight is 876 g/mol. The highest BCUT2D eigenvalue weighted by molar-refractivity contribution is 9.10. The summed E-state index contributed by atoms with van der Waals surface area (Å²) in [7, 11) is 0. The first kappa shape index (κ1) is 45.1. The summed E-state index contributed by atoms with van der Waals surface area (Å²) in [5.41, 5.74) is 6.44. The summed E-state index contributed by atoms with van der Waals surface area (Å²) < 4.78 is 2.32. The molecule has 0 unspecified atom stereocenters. The van der Waals surface area contributed by atoms with Crippen LogP contribution in [0.3, 0.4) is 0 Å². The minimum Gasteiger partial charge on any atom is -0.355 e. The zero-order valence-electron chi connectivity index (χ0n) is 37.7. The number of nitrogens with one attached hydrogen (secondary N) is 2. The fourth-order valence-corrected chi connectivity index (χ4v) is 9.46. The van der Waals surface area contributed by atoms with Gasteiger partial charge in [-0.15, -0.1) is 0 Å². The van der Waals surface area contributed by atoms with Gasteiger partial charge in [0.25, 0.3) is 17.4 Å². The molecule has 0 bridgehead atoms. The molecule has 5 aromatic rings. The number of hydrogen-bond donors (Lipinski definition) is 2. The molecule has 1 aliphatic rings. The fraction of sp³-hybridized carbons (Fsp3) is 0.481. The van der Waals surface area contributed by atoms with Crippen molar-refractivity contribution in [1.82, 2.24) is 9.47 Å². The topological polar surface area (TPSA) is 83.4 Å². The van der Waals surface area contributed by atoms with Crippen molar-refractivity contribution in [2.24, 2.45) is 0 Å². The normalized spacial score (nSPS) is 13.3. The number of carbonyl (C=O) groups is 2. The molecule has 4 aromatic carbocycles. The second kappa shape index (κ2) is 18.7. The number of amides is 2. The Balaban J connectivity index is 1.66. The van der Waals surface area contributed by atoms with Crippen molar-refractivity contribution in [3.8, 4) is 0 Å². The maximum absolute atomic E-state index is 15.3. The van der Waals surface area contributed by atoms with Gasteiger partial charge in [-0.2, -0.15) is 0 Å². The van der Waals surface area contributed by atoms with Crippen molar-refractivity contribution in [3.63, 3.8) is 0 Å². The largest absolute Gasteiger partial charge is 0.355 e. The lowest BCUT2D eigenvalue weighted by Crippen LogP contribution is -2.42. The van der Waals surface area contributed by atoms with Crippen LogP contribution in [0.4, 0.5) is 22.7 Å². The van der Waals surface area contributed by atoms with E-state index >= 15 is 4.79 Å². The highest BCUT2D eigenvalue weighted by Gasteiger charge is 2.40. The Morgan fingerprint density at radius 1 is 0.600 bits per heavy atom. The number of carbonyl (C=O) groups excluding carboxylic acids is 2. The lowest BCUT2D eigenvalue weighted by Gasteiger charge is -2.32. The fourth-order valence-electron chi connectivity index (χ4n) is 8.80. The lowest BCUT2D eigenvalue weighted by atomic mass is 9.84. The van der Waals surface area contributed by atoms with E-state index in [9.17, 15) is 9.59 Å². The number of nitrogens with zero attached hydrogens (tertiary/aromatic N) is 2. The van der Waals surface area contributed by atoms with Crippen LogP contribution in [-0.2, 0) is 17.4 Å². The van der Waals surface area contributed by atoms with Crippen LogP contribution in [-0.4, -0.2) is 27.8 Å². The summed E-state index contributed by atoms with van der Waals surface area (Å²) in [4.78, 5) is 46.6. The van der Waals surface area contributed by atoms with Crippen molar-refractivity contribution in [2.75, 3.05) is 17.2 Å². The number of aromatic nitrogens is 1. The van der Waals surface area contributed by atoms with Crippen molar-refractivity contribution < 1.29 is 9.59 Å². The molecule has 0 aliphatic carbocycles. The van der Waals surface area contributed by atoms with Crippen LogP contribution >= 0.6 is 15.9 Å². The Bertz CT molecular complexity index is 2350. The van der Waals surface area contributed by atoms with E-state index in [4.69, 9.17) is 0 Å². The summed E-state index contributed by atoms with van der Waals surface area (Å²) in [6, 6.07) is 16.6. The molecule has 0 saturated carbocycles. The van der Waals surface area contributed by atoms with Gasteiger partial charge in [-0.05, 0) is 87.5 Å². The van der Waals surface area contributed by atoms with Crippen molar-refractivity contribution >= 4 is 78.6 Å². The monoisotopic (exact) mass is 874 g/mol. The molecule has 6 rings (SSSR count). The van der Waals surface area contributed by atoms with E-state index in [-0.39, 0.29) is 28.2 Å². The maximum atomic E-state index is 15.3. The number of pyridine rings is 1. The number of unbranched alkanes of at least 4 members (excludes halogenated alkanes) is 10. The van der Waals surface area contributed by atoms with Gasteiger partial charge in [0, 0.05) is 46.0 Å². The van der Waals surface area contributed by atoms with Gasteiger partial charge in [0.15, 0.2) is 0 Å². The SMILES string of the molecule is C=c1c2c(Nc3cccc(C(C)(C)C)c3)c(C)c3c4c(c(Br)c(Nc5cccc(C(C)(C)C)c5)c(c(=O)n1CCCCCCCC)c42)C(=O)N(CCCCCCCC)C3=O. The molecular weight excluding hydrogens is 809 g/mol. The van der Waals surface area contributed by atoms with Gasteiger partial charge in [-0.25, -0.2) is 0 Å². The number of benzene rings is 4. The number of rotatable bonds is 18. The maximum Gasteiger partial charge on any atom is 0.262 e. The smallest absolute Gasteiger partial charge is 0.262 e. The Hall–Kier alpha value is -4.43. The van der Waals surface area contributed by atoms with E-state index in [1.165, 1.54) is 36.1 Å². The Labute approximate surface area is 366 Å². The van der Waals surface area contributed by atoms with Crippen LogP contribution in [0.15, 0.2) is 57.8 Å². The van der Waals surface area contributed by atoms with E-state index in [2.05, 4.69) is 119 Å². The summed E-state index contributed by atoms with van der Waals surface area (Å²) in [6.07, 6.45) is 12.7. The molecule has 0 saturated heterocycles. The van der Waals surface area contributed by atoms with Crippen molar-refractivity contribution in [1.29, 1.82) is 0 Å². The summed E-state index contributed by atoms with van der Waals surface area (Å²) in [5, 5.41) is 10.3. The van der Waals surface area contributed by atoms with Gasteiger partial charge in [-0.3, -0.25) is 19.3 Å². The molecule has 0 spiro atoms. The molecular formula is C52H67BrN4O3. The zero-order valence-corrected chi connectivity index (χ0v) is 39.3. The van der Waals surface area contributed by atoms with Crippen molar-refractivity contribution in [2.45, 2.75) is 157 Å². The molecule has 8 heteroatoms. The Morgan fingerprint density at radius 3 is 1.62 bits per heavy atom. The number of anilines is 4. The third kappa shape index (κ3) is 9.10. The first-order chi connectivity index (χ1) is 28.5. The second-order valence-electron chi connectivity index (χ2n) is 19.1. The minimum atomic E-state index is -0.345. The Morgan fingerprint density at radius 2 is 1.08 bits per heavy atom. The molecule has 7 nitrogen and oxygen atoms in total. The quantitative estimate of drug-likeness (QED) is 0.0677. The summed E-state index contributed by atoms with van der Waals surface area (Å²) in [6.45, 7) is 25.0. The van der Waals surface area contributed by atoms with E-state index in [0.717, 1.165) is 84.9 Å². The third-order valence-electron chi connectivity index (χ3n) is 12.4. The average Bonchev–Trinajstić information content (AvgIpc) is 3.19. The molecule has 2 heterocycles. The van der Waals surface area contributed by atoms with Crippen LogP contribution in [0.2, 0.25) is 0 Å². The molecule has 1 aromatic heterocycles. The van der Waals surface area contributed by atoms with E-state index in [0.29, 0.717) is 55.9 Å². The van der Waals surface area contributed by atoms with E-state index in [1.54, 1.807) is 0 Å². The Kier molecular flexibility index (Phi) is 14.0. The van der Waals surface area contributed by atoms with Gasteiger partial charge in [0.05, 0.1) is 32.4 Å². The number of hydrogen-bond acceptors (Lipinski definition) is 5. The first-order valence-corrected chi connectivity index (χ1v) is 23.3. The third-order valence-corrected chi connectivity index (χ3v) is 13.2. The van der Waals surface area contributed by atoms with Crippen LogP contribution in [0.25, 0.3) is 28.1 Å². The van der Waals surface area contributed by atoms with Gasteiger partial charge in [-0.1, -0.05) is 150 Å². The standard InChI is InChI=1S/C52H67BrN4O3/c1-11-13-15-17-19-21-29-56-34(4)40-42-41-39(33(3)46(40)54-37-27-23-25-35(31-37)51(5,6)7)48(58)57(30-22-20-18-16-14-12-2)49(59)43(41)45(53)47(44(42)50(56)60)55-38-28-24-26-36(32-38)52(8,9)10/h23-28,31-32,54-55H,4,11-22,29-30H2,1-3,5-10H3. The molecule has 0 atom stereocenters. The highest BCUT2D eigenvalue weighted by Crippen LogP contribution is 2.48. The molecule has 2 amide bonds. The van der Waals surface area contributed by atoms with Gasteiger partial charge < -0.3 is 15.2 Å². The summed E-state index contributed by atoms with van der Waals surface area (Å²) in [5.74, 6) is -0.664. The second-order valence-corrected chi connectivity index (χ2v) is 19.8. The zero-order chi connectivity index (χ0) is 43.5. The molecule has 1 aliphatic heterocycles. The van der Waals surface area contributed by atoms with E-state index in [1.807, 2.05) is 29.7 Å². The molecule has 320 valence electrons. The molecule has 0 fully saturated rings. The summed E-state index contributed by atoms with van der Waals surface area (Å²) >= 11 is 3.93. The van der Waals surface area contributed by atoms with Gasteiger partial charge in [0.1, 0.15) is 0 Å².